The molecule has 0 radical (unpaired) electrons. The number of nitrogens with zero attached hydrogens (tertiary/aromatic N) is 4. The second kappa shape index (κ2) is 9.98. The molecule has 0 saturated carbocycles. The van der Waals surface area contributed by atoms with Crippen LogP contribution in [0.2, 0.25) is 0 Å². The maximum Gasteiger partial charge on any atom is 0.222 e. The molecule has 1 amide bonds. The van der Waals surface area contributed by atoms with Gasteiger partial charge in [0, 0.05) is 59.3 Å². The molecule has 3 heterocycles. The van der Waals surface area contributed by atoms with Crippen LogP contribution in [0.4, 0.5) is 5.00 Å². The molecular formula is C23H31N5OS. The largest absolute Gasteiger partial charge is 0.360 e. The van der Waals surface area contributed by atoms with Gasteiger partial charge in [-0.25, -0.2) is 0 Å². The number of hydrogen-bond donors (Lipinski definition) is 1. The molecule has 1 fully saturated rings. The van der Waals surface area contributed by atoms with E-state index in [9.17, 15) is 4.79 Å². The van der Waals surface area contributed by atoms with E-state index in [0.29, 0.717) is 6.42 Å². The number of benzene rings is 1. The van der Waals surface area contributed by atoms with E-state index in [1.807, 2.05) is 11.9 Å². The van der Waals surface area contributed by atoms with Crippen molar-refractivity contribution in [1.82, 2.24) is 15.1 Å². The van der Waals surface area contributed by atoms with Crippen molar-refractivity contribution in [2.75, 3.05) is 51.2 Å². The number of piperazine rings is 1. The van der Waals surface area contributed by atoms with Crippen LogP contribution in [0.25, 0.3) is 0 Å². The van der Waals surface area contributed by atoms with Crippen molar-refractivity contribution in [3.63, 3.8) is 0 Å². The fourth-order valence-corrected chi connectivity index (χ4v) is 5.01. The average molecular weight is 426 g/mol. The molecule has 2 aromatic rings. The van der Waals surface area contributed by atoms with Crippen LogP contribution in [-0.2, 0) is 17.8 Å². The van der Waals surface area contributed by atoms with Crippen molar-refractivity contribution in [2.45, 2.75) is 25.8 Å². The Hall–Kier alpha value is -2.54. The Morgan fingerprint density at radius 2 is 1.83 bits per heavy atom. The molecule has 1 aromatic carbocycles. The molecule has 1 aromatic heterocycles. The van der Waals surface area contributed by atoms with Gasteiger partial charge in [-0.05, 0) is 41.5 Å². The fourth-order valence-electron chi connectivity index (χ4n) is 4.23. The van der Waals surface area contributed by atoms with Gasteiger partial charge in [0.05, 0.1) is 5.00 Å². The van der Waals surface area contributed by atoms with Gasteiger partial charge in [0.25, 0.3) is 0 Å². The lowest BCUT2D eigenvalue weighted by atomic mass is 9.99. The Kier molecular flexibility index (Phi) is 6.89. The Bertz CT molecular complexity index is 858. The molecule has 0 aliphatic carbocycles. The number of thiophene rings is 1. The molecular weight excluding hydrogens is 394 g/mol. The van der Waals surface area contributed by atoms with Crippen LogP contribution in [0.15, 0.2) is 46.8 Å². The van der Waals surface area contributed by atoms with Gasteiger partial charge >= 0.3 is 0 Å². The number of carbonyl (C=O) groups is 1. The third kappa shape index (κ3) is 4.95. The minimum atomic E-state index is 0.255. The highest BCUT2D eigenvalue weighted by molar-refractivity contribution is 7.14. The Morgan fingerprint density at radius 1 is 1.03 bits per heavy atom. The van der Waals surface area contributed by atoms with E-state index in [1.165, 1.54) is 16.1 Å². The first-order valence-corrected chi connectivity index (χ1v) is 11.7. The maximum atomic E-state index is 12.6. The van der Waals surface area contributed by atoms with Crippen molar-refractivity contribution in [3.8, 4) is 0 Å². The Labute approximate surface area is 183 Å². The van der Waals surface area contributed by atoms with E-state index < -0.39 is 0 Å². The summed E-state index contributed by atoms with van der Waals surface area (Å²) in [5.74, 6) is 1.20. The van der Waals surface area contributed by atoms with E-state index in [2.05, 4.69) is 61.9 Å². The first-order valence-electron chi connectivity index (χ1n) is 10.8. The number of guanidine groups is 1. The quantitative estimate of drug-likeness (QED) is 0.455. The minimum Gasteiger partial charge on any atom is -0.360 e. The van der Waals surface area contributed by atoms with Crippen LogP contribution < -0.4 is 10.2 Å². The molecule has 160 valence electrons. The van der Waals surface area contributed by atoms with Gasteiger partial charge in [-0.15, -0.1) is 11.3 Å². The summed E-state index contributed by atoms with van der Waals surface area (Å²) in [7, 11) is 1.84. The highest BCUT2D eigenvalue weighted by atomic mass is 32.1. The fraction of sp³-hybridized carbons (Fsp3) is 0.478. The van der Waals surface area contributed by atoms with Gasteiger partial charge in [-0.3, -0.25) is 9.79 Å². The molecule has 0 bridgehead atoms. The summed E-state index contributed by atoms with van der Waals surface area (Å²) in [5.41, 5.74) is 2.67. The summed E-state index contributed by atoms with van der Waals surface area (Å²) in [6.07, 6.45) is 2.37. The van der Waals surface area contributed by atoms with E-state index in [-0.39, 0.29) is 5.91 Å². The highest BCUT2D eigenvalue weighted by Crippen LogP contribution is 2.22. The summed E-state index contributed by atoms with van der Waals surface area (Å²) in [4.78, 5) is 23.8. The Morgan fingerprint density at radius 3 is 2.57 bits per heavy atom. The summed E-state index contributed by atoms with van der Waals surface area (Å²) < 4.78 is 0. The Balaban J connectivity index is 1.17. The third-order valence-electron chi connectivity index (χ3n) is 5.94. The number of nitrogens with one attached hydrogen (secondary N) is 1. The van der Waals surface area contributed by atoms with Gasteiger partial charge in [0.2, 0.25) is 5.91 Å². The molecule has 6 nitrogen and oxygen atoms in total. The number of carbonyl (C=O) groups excluding carboxylic acids is 1. The molecule has 0 spiro atoms. The van der Waals surface area contributed by atoms with Crippen LogP contribution in [0, 0.1) is 0 Å². The normalized spacial score (nSPS) is 17.1. The van der Waals surface area contributed by atoms with Crippen molar-refractivity contribution in [1.29, 1.82) is 0 Å². The zero-order valence-electron chi connectivity index (χ0n) is 17.7. The first-order chi connectivity index (χ1) is 14.7. The lowest BCUT2D eigenvalue weighted by molar-refractivity contribution is -0.132. The first kappa shape index (κ1) is 20.7. The SMILES string of the molecule is CN=C(NCCCC(=O)N1CCc2ccccc2C1)N1CCN(c2cccs2)CC1. The standard InChI is InChI=1S/C23H31N5OS/c1-24-23(27-15-13-26(14-16-27)22-9-5-17-30-22)25-11-4-8-21(29)28-12-10-19-6-2-3-7-20(19)18-28/h2-3,5-7,9,17H,4,8,10-16,18H2,1H3,(H,24,25). The summed E-state index contributed by atoms with van der Waals surface area (Å²) >= 11 is 1.80. The van der Waals surface area contributed by atoms with Gasteiger partial charge in [-0.1, -0.05) is 24.3 Å². The smallest absolute Gasteiger partial charge is 0.222 e. The topological polar surface area (TPSA) is 51.2 Å². The van der Waals surface area contributed by atoms with Crippen LogP contribution in [0.1, 0.15) is 24.0 Å². The van der Waals surface area contributed by atoms with Gasteiger partial charge in [0.1, 0.15) is 0 Å². The number of amides is 1. The maximum absolute atomic E-state index is 12.6. The van der Waals surface area contributed by atoms with Crippen molar-refractivity contribution >= 4 is 28.2 Å². The molecule has 4 rings (SSSR count). The molecule has 0 atom stereocenters. The lowest BCUT2D eigenvalue weighted by Crippen LogP contribution is -2.52. The summed E-state index contributed by atoms with van der Waals surface area (Å²) in [6, 6.07) is 12.7. The molecule has 30 heavy (non-hydrogen) atoms. The van der Waals surface area contributed by atoms with Gasteiger partial charge < -0.3 is 20.0 Å². The average Bonchev–Trinajstić information content (AvgIpc) is 3.34. The van der Waals surface area contributed by atoms with Gasteiger partial charge in [-0.2, -0.15) is 0 Å². The summed E-state index contributed by atoms with van der Waals surface area (Å²) in [6.45, 7) is 6.30. The molecule has 0 unspecified atom stereocenters. The van der Waals surface area contributed by atoms with E-state index >= 15 is 0 Å². The number of rotatable bonds is 5. The molecule has 2 aliphatic rings. The second-order valence-corrected chi connectivity index (χ2v) is 8.76. The number of fused-ring (bicyclic) bond motifs is 1. The van der Waals surface area contributed by atoms with E-state index in [4.69, 9.17) is 0 Å². The van der Waals surface area contributed by atoms with E-state index in [1.54, 1.807) is 11.3 Å². The van der Waals surface area contributed by atoms with Crippen LogP contribution in [-0.4, -0.2) is 68.0 Å². The van der Waals surface area contributed by atoms with Crippen molar-refractivity contribution in [2.24, 2.45) is 4.99 Å². The zero-order chi connectivity index (χ0) is 20.8. The van der Waals surface area contributed by atoms with Crippen molar-refractivity contribution < 1.29 is 4.79 Å². The minimum absolute atomic E-state index is 0.255. The zero-order valence-corrected chi connectivity index (χ0v) is 18.5. The second-order valence-electron chi connectivity index (χ2n) is 7.84. The molecule has 7 heteroatoms. The highest BCUT2D eigenvalue weighted by Gasteiger charge is 2.21. The lowest BCUT2D eigenvalue weighted by Gasteiger charge is -2.37. The van der Waals surface area contributed by atoms with Crippen molar-refractivity contribution in [3.05, 3.63) is 52.9 Å². The monoisotopic (exact) mass is 425 g/mol. The third-order valence-corrected chi connectivity index (χ3v) is 6.87. The number of anilines is 1. The molecule has 1 saturated heterocycles. The number of aliphatic imine (C=N–C) groups is 1. The number of hydrogen-bond acceptors (Lipinski definition) is 4. The van der Waals surface area contributed by atoms with Crippen LogP contribution in [0.5, 0.6) is 0 Å². The van der Waals surface area contributed by atoms with Crippen LogP contribution >= 0.6 is 11.3 Å². The predicted molar refractivity (Wildman–Crippen MR) is 124 cm³/mol. The van der Waals surface area contributed by atoms with Gasteiger partial charge in [0.15, 0.2) is 5.96 Å². The van der Waals surface area contributed by atoms with Crippen LogP contribution in [0.3, 0.4) is 0 Å². The molecule has 1 N–H and O–H groups in total. The summed E-state index contributed by atoms with van der Waals surface area (Å²) in [5, 5.41) is 6.93. The predicted octanol–water partition coefficient (Wildman–Crippen LogP) is 2.81. The molecule has 2 aliphatic heterocycles. The van der Waals surface area contributed by atoms with E-state index in [0.717, 1.165) is 64.6 Å².